The van der Waals surface area contributed by atoms with Crippen LogP contribution < -0.4 is 10.1 Å². The molecule has 0 radical (unpaired) electrons. The third kappa shape index (κ3) is 4.15. The van der Waals surface area contributed by atoms with Crippen molar-refractivity contribution in [2.24, 2.45) is 0 Å². The van der Waals surface area contributed by atoms with E-state index in [2.05, 4.69) is 48.4 Å². The van der Waals surface area contributed by atoms with Crippen molar-refractivity contribution >= 4 is 5.69 Å². The second-order valence-corrected chi connectivity index (χ2v) is 8.01. The zero-order valence-corrected chi connectivity index (χ0v) is 18.6. The Balaban J connectivity index is 1.80. The number of aliphatic hydroxyl groups excluding tert-OH is 1. The molecule has 1 aliphatic rings. The van der Waals surface area contributed by atoms with Gasteiger partial charge in [-0.2, -0.15) is 0 Å². The van der Waals surface area contributed by atoms with Crippen LogP contribution in [0.1, 0.15) is 60.7 Å². The lowest BCUT2D eigenvalue weighted by Gasteiger charge is -2.29. The highest BCUT2D eigenvalue weighted by Crippen LogP contribution is 2.41. The van der Waals surface area contributed by atoms with Gasteiger partial charge < -0.3 is 15.2 Å². The average Bonchev–Trinajstić information content (AvgIpc) is 2.83. The van der Waals surface area contributed by atoms with Crippen molar-refractivity contribution < 1.29 is 9.84 Å². The normalized spacial score (nSPS) is 15.4. The quantitative estimate of drug-likeness (QED) is 0.549. The zero-order valence-electron chi connectivity index (χ0n) is 18.6. The van der Waals surface area contributed by atoms with Crippen LogP contribution in [0.5, 0.6) is 5.75 Å². The maximum absolute atomic E-state index is 9.70. The van der Waals surface area contributed by atoms with E-state index in [1.165, 1.54) is 16.7 Å². The number of aryl methyl sites for hydroxylation is 3. The smallest absolute Gasteiger partial charge is 0.128 e. The molecule has 5 nitrogen and oxygen atoms in total. The molecular formula is C26H31N3O2. The predicted octanol–water partition coefficient (Wildman–Crippen LogP) is 5.26. The van der Waals surface area contributed by atoms with E-state index >= 15 is 0 Å². The maximum atomic E-state index is 9.70. The van der Waals surface area contributed by atoms with Gasteiger partial charge in [0.05, 0.1) is 43.0 Å². The SMILES string of the molecule is CCc1cccc(CC)c1-c1cc(OC)c2c(n1)CCCC2Nc1cnccc1CO. The van der Waals surface area contributed by atoms with Crippen LogP contribution in [0.2, 0.25) is 0 Å². The number of hydrogen-bond donors (Lipinski definition) is 2. The molecule has 4 rings (SSSR count). The molecule has 0 fully saturated rings. The highest BCUT2D eigenvalue weighted by Gasteiger charge is 2.27. The first-order chi connectivity index (χ1) is 15.2. The molecule has 0 spiro atoms. The van der Waals surface area contributed by atoms with Crippen molar-refractivity contribution in [3.05, 3.63) is 70.7 Å². The lowest BCUT2D eigenvalue weighted by Crippen LogP contribution is -2.20. The first kappa shape index (κ1) is 21.3. The summed E-state index contributed by atoms with van der Waals surface area (Å²) < 4.78 is 5.90. The van der Waals surface area contributed by atoms with Gasteiger partial charge in [-0.25, -0.2) is 0 Å². The molecule has 0 amide bonds. The van der Waals surface area contributed by atoms with E-state index in [4.69, 9.17) is 9.72 Å². The number of fused-ring (bicyclic) bond motifs is 1. The summed E-state index contributed by atoms with van der Waals surface area (Å²) in [4.78, 5) is 9.39. The Hall–Kier alpha value is -2.92. The standard InChI is InChI=1S/C26H31N3O2/c1-4-17-8-6-9-18(5-2)25(17)22-14-24(31-3)26-20(28-22)10-7-11-21(26)29-23-15-27-13-12-19(23)16-30/h6,8-9,12-15,21,29-30H,4-5,7,10-11,16H2,1-3H3. The van der Waals surface area contributed by atoms with Crippen molar-refractivity contribution in [2.45, 2.75) is 58.6 Å². The molecule has 1 aliphatic carbocycles. The van der Waals surface area contributed by atoms with Crippen molar-refractivity contribution in [3.63, 3.8) is 0 Å². The molecule has 2 aromatic heterocycles. The molecule has 2 heterocycles. The molecule has 0 saturated heterocycles. The summed E-state index contributed by atoms with van der Waals surface area (Å²) in [6, 6.07) is 10.6. The van der Waals surface area contributed by atoms with Gasteiger partial charge in [-0.3, -0.25) is 9.97 Å². The highest BCUT2D eigenvalue weighted by molar-refractivity contribution is 5.71. The first-order valence-electron chi connectivity index (χ1n) is 11.2. The summed E-state index contributed by atoms with van der Waals surface area (Å²) >= 11 is 0. The molecule has 3 aromatic rings. The molecule has 1 unspecified atom stereocenters. The molecule has 1 atom stereocenters. The van der Waals surface area contributed by atoms with E-state index < -0.39 is 0 Å². The fourth-order valence-electron chi connectivity index (χ4n) is 4.66. The number of anilines is 1. The monoisotopic (exact) mass is 417 g/mol. The van der Waals surface area contributed by atoms with Gasteiger partial charge in [-0.15, -0.1) is 0 Å². The van der Waals surface area contributed by atoms with Crippen LogP contribution in [0.3, 0.4) is 0 Å². The zero-order chi connectivity index (χ0) is 21.8. The van der Waals surface area contributed by atoms with Crippen molar-refractivity contribution in [2.75, 3.05) is 12.4 Å². The second-order valence-electron chi connectivity index (χ2n) is 8.01. The van der Waals surface area contributed by atoms with E-state index in [1.54, 1.807) is 19.5 Å². The molecule has 5 heteroatoms. The number of aromatic nitrogens is 2. The summed E-state index contributed by atoms with van der Waals surface area (Å²) in [6.45, 7) is 4.37. The third-order valence-corrected chi connectivity index (χ3v) is 6.24. The van der Waals surface area contributed by atoms with Crippen LogP contribution in [0.25, 0.3) is 11.3 Å². The fraction of sp³-hybridized carbons (Fsp3) is 0.385. The lowest BCUT2D eigenvalue weighted by molar-refractivity contribution is 0.282. The number of pyridine rings is 2. The number of aliphatic hydroxyl groups is 1. The predicted molar refractivity (Wildman–Crippen MR) is 124 cm³/mol. The minimum atomic E-state index is -0.0215. The van der Waals surface area contributed by atoms with Gasteiger partial charge >= 0.3 is 0 Å². The molecule has 2 N–H and O–H groups in total. The molecule has 162 valence electrons. The van der Waals surface area contributed by atoms with E-state index in [-0.39, 0.29) is 12.6 Å². The molecule has 0 bridgehead atoms. The second kappa shape index (κ2) is 9.48. The van der Waals surface area contributed by atoms with Crippen molar-refractivity contribution in [1.29, 1.82) is 0 Å². The van der Waals surface area contributed by atoms with Crippen molar-refractivity contribution in [3.8, 4) is 17.0 Å². The number of methoxy groups -OCH3 is 1. The van der Waals surface area contributed by atoms with Crippen LogP contribution in [0.15, 0.2) is 42.7 Å². The minimum Gasteiger partial charge on any atom is -0.496 e. The van der Waals surface area contributed by atoms with E-state index in [9.17, 15) is 5.11 Å². The lowest BCUT2D eigenvalue weighted by atomic mass is 9.88. The van der Waals surface area contributed by atoms with Crippen LogP contribution in [0, 0.1) is 0 Å². The molecule has 0 saturated carbocycles. The highest BCUT2D eigenvalue weighted by atomic mass is 16.5. The summed E-state index contributed by atoms with van der Waals surface area (Å²) in [6.07, 6.45) is 8.40. The molecule has 0 aliphatic heterocycles. The van der Waals surface area contributed by atoms with Gasteiger partial charge in [0, 0.05) is 29.0 Å². The first-order valence-corrected chi connectivity index (χ1v) is 11.2. The average molecular weight is 418 g/mol. The van der Waals surface area contributed by atoms with Gasteiger partial charge in [0.2, 0.25) is 0 Å². The Labute approximate surface area is 184 Å². The topological polar surface area (TPSA) is 67.3 Å². The van der Waals surface area contributed by atoms with Crippen LogP contribution >= 0.6 is 0 Å². The van der Waals surface area contributed by atoms with E-state index in [0.29, 0.717) is 0 Å². The number of rotatable bonds is 7. The summed E-state index contributed by atoms with van der Waals surface area (Å²) in [7, 11) is 1.74. The summed E-state index contributed by atoms with van der Waals surface area (Å²) in [5, 5.41) is 13.3. The summed E-state index contributed by atoms with van der Waals surface area (Å²) in [5.74, 6) is 0.875. The Morgan fingerprint density at radius 2 is 1.90 bits per heavy atom. The van der Waals surface area contributed by atoms with Gasteiger partial charge in [-0.1, -0.05) is 32.0 Å². The van der Waals surface area contributed by atoms with E-state index in [1.807, 2.05) is 6.07 Å². The van der Waals surface area contributed by atoms with Crippen LogP contribution in [-0.2, 0) is 25.9 Å². The molecule has 1 aromatic carbocycles. The van der Waals surface area contributed by atoms with Crippen molar-refractivity contribution in [1.82, 2.24) is 9.97 Å². The van der Waals surface area contributed by atoms with Crippen LogP contribution in [0.4, 0.5) is 5.69 Å². The fourth-order valence-corrected chi connectivity index (χ4v) is 4.66. The Morgan fingerprint density at radius 1 is 1.13 bits per heavy atom. The maximum Gasteiger partial charge on any atom is 0.128 e. The van der Waals surface area contributed by atoms with Gasteiger partial charge in [0.15, 0.2) is 0 Å². The van der Waals surface area contributed by atoms with Gasteiger partial charge in [0.1, 0.15) is 5.75 Å². The number of hydrogen-bond acceptors (Lipinski definition) is 5. The Bertz CT molecular complexity index is 1030. The number of nitrogens with zero attached hydrogens (tertiary/aromatic N) is 2. The van der Waals surface area contributed by atoms with Gasteiger partial charge in [0.25, 0.3) is 0 Å². The van der Waals surface area contributed by atoms with Gasteiger partial charge in [-0.05, 0) is 49.3 Å². The van der Waals surface area contributed by atoms with Crippen LogP contribution in [-0.4, -0.2) is 22.2 Å². The minimum absolute atomic E-state index is 0.0215. The third-order valence-electron chi connectivity index (χ3n) is 6.24. The number of nitrogens with one attached hydrogen (secondary N) is 1. The Kier molecular flexibility index (Phi) is 6.52. The van der Waals surface area contributed by atoms with E-state index in [0.717, 1.165) is 66.1 Å². The number of ether oxygens (including phenoxy) is 1. The Morgan fingerprint density at radius 3 is 2.58 bits per heavy atom. The molecule has 31 heavy (non-hydrogen) atoms. The largest absolute Gasteiger partial charge is 0.496 e. The summed E-state index contributed by atoms with van der Waals surface area (Å²) in [5.41, 5.74) is 8.82. The number of benzene rings is 1. The molecular weight excluding hydrogens is 386 g/mol.